The van der Waals surface area contributed by atoms with Gasteiger partial charge in [-0.25, -0.2) is 4.39 Å². The molecule has 2 aromatic rings. The summed E-state index contributed by atoms with van der Waals surface area (Å²) in [5.74, 6) is -0.832. The lowest BCUT2D eigenvalue weighted by Gasteiger charge is -2.09. The molecule has 20 heavy (non-hydrogen) atoms. The van der Waals surface area contributed by atoms with Gasteiger partial charge in [0.2, 0.25) is 0 Å². The van der Waals surface area contributed by atoms with Gasteiger partial charge < -0.3 is 5.32 Å². The van der Waals surface area contributed by atoms with Crippen molar-refractivity contribution in [1.82, 2.24) is 0 Å². The number of nitrogens with one attached hydrogen (secondary N) is 1. The molecular formula is C13H9Cl2FN2O2. The van der Waals surface area contributed by atoms with Crippen LogP contribution in [-0.2, 0) is 6.54 Å². The first-order chi connectivity index (χ1) is 9.49. The zero-order valence-corrected chi connectivity index (χ0v) is 11.6. The highest BCUT2D eigenvalue weighted by Crippen LogP contribution is 2.31. The van der Waals surface area contributed by atoms with Crippen molar-refractivity contribution in [1.29, 1.82) is 0 Å². The third kappa shape index (κ3) is 3.18. The Morgan fingerprint density at radius 2 is 1.90 bits per heavy atom. The first-order valence-electron chi connectivity index (χ1n) is 5.59. The molecular weight excluding hydrogens is 306 g/mol. The van der Waals surface area contributed by atoms with Crippen LogP contribution in [0.25, 0.3) is 0 Å². The minimum atomic E-state index is -0.832. The Kier molecular flexibility index (Phi) is 4.42. The molecule has 0 atom stereocenters. The average molecular weight is 315 g/mol. The number of nitro groups is 1. The summed E-state index contributed by atoms with van der Waals surface area (Å²) < 4.78 is 13.3. The van der Waals surface area contributed by atoms with Gasteiger partial charge in [-0.15, -0.1) is 0 Å². The van der Waals surface area contributed by atoms with Crippen molar-refractivity contribution in [2.24, 2.45) is 0 Å². The Hall–Kier alpha value is -1.85. The number of nitro benzene ring substituents is 1. The first kappa shape index (κ1) is 14.6. The predicted molar refractivity (Wildman–Crippen MR) is 76.8 cm³/mol. The minimum Gasteiger partial charge on any atom is -0.375 e. The third-order valence-electron chi connectivity index (χ3n) is 2.66. The van der Waals surface area contributed by atoms with Gasteiger partial charge in [0, 0.05) is 11.6 Å². The van der Waals surface area contributed by atoms with Crippen LogP contribution in [0.2, 0.25) is 10.0 Å². The second-order valence-corrected chi connectivity index (χ2v) is 4.80. The Labute approximate surface area is 124 Å². The van der Waals surface area contributed by atoms with E-state index in [0.717, 1.165) is 11.6 Å². The second-order valence-electron chi connectivity index (χ2n) is 3.99. The summed E-state index contributed by atoms with van der Waals surface area (Å²) in [6.45, 7) is 0.266. The highest BCUT2D eigenvalue weighted by Gasteiger charge is 2.17. The van der Waals surface area contributed by atoms with Gasteiger partial charge in [-0.05, 0) is 17.7 Å². The van der Waals surface area contributed by atoms with Crippen LogP contribution in [-0.4, -0.2) is 4.92 Å². The summed E-state index contributed by atoms with van der Waals surface area (Å²) >= 11 is 11.6. The monoisotopic (exact) mass is 314 g/mol. The van der Waals surface area contributed by atoms with E-state index >= 15 is 0 Å². The molecule has 2 aromatic carbocycles. The van der Waals surface area contributed by atoms with Crippen LogP contribution >= 0.6 is 23.2 Å². The maximum Gasteiger partial charge on any atom is 0.295 e. The molecule has 0 unspecified atom stereocenters. The zero-order chi connectivity index (χ0) is 14.7. The lowest BCUT2D eigenvalue weighted by molar-refractivity contribution is -0.384. The van der Waals surface area contributed by atoms with Crippen LogP contribution in [0.1, 0.15) is 5.56 Å². The van der Waals surface area contributed by atoms with Crippen LogP contribution in [0.5, 0.6) is 0 Å². The molecule has 0 spiro atoms. The quantitative estimate of drug-likeness (QED) is 0.660. The fourth-order valence-corrected chi connectivity index (χ4v) is 2.03. The Balaban J connectivity index is 2.27. The Bertz CT molecular complexity index is 665. The summed E-state index contributed by atoms with van der Waals surface area (Å²) in [4.78, 5) is 10.2. The van der Waals surface area contributed by atoms with Gasteiger partial charge in [0.25, 0.3) is 5.69 Å². The fraction of sp³-hybridized carbons (Fsp3) is 0.0769. The number of halogens is 3. The van der Waals surface area contributed by atoms with Gasteiger partial charge in [0.15, 0.2) is 0 Å². The van der Waals surface area contributed by atoms with E-state index in [1.54, 1.807) is 24.3 Å². The van der Waals surface area contributed by atoms with E-state index in [9.17, 15) is 14.5 Å². The molecule has 0 fully saturated rings. The molecule has 0 aliphatic heterocycles. The lowest BCUT2D eigenvalue weighted by atomic mass is 10.2. The molecule has 7 heteroatoms. The highest BCUT2D eigenvalue weighted by atomic mass is 35.5. The van der Waals surface area contributed by atoms with E-state index in [2.05, 4.69) is 5.32 Å². The number of nitrogens with zero attached hydrogens (tertiary/aromatic N) is 1. The van der Waals surface area contributed by atoms with E-state index in [1.165, 1.54) is 6.07 Å². The van der Waals surface area contributed by atoms with Crippen LogP contribution in [0.4, 0.5) is 15.8 Å². The first-order valence-corrected chi connectivity index (χ1v) is 6.35. The molecule has 0 amide bonds. The Morgan fingerprint density at radius 1 is 1.20 bits per heavy atom. The average Bonchev–Trinajstić information content (AvgIpc) is 2.41. The molecule has 0 aliphatic rings. The van der Waals surface area contributed by atoms with Gasteiger partial charge >= 0.3 is 0 Å². The van der Waals surface area contributed by atoms with Gasteiger partial charge in [-0.3, -0.25) is 10.1 Å². The van der Waals surface area contributed by atoms with Gasteiger partial charge in [-0.2, -0.15) is 0 Å². The van der Waals surface area contributed by atoms with Crippen LogP contribution < -0.4 is 5.32 Å². The van der Waals surface area contributed by atoms with Gasteiger partial charge in [-0.1, -0.05) is 41.4 Å². The minimum absolute atomic E-state index is 0.140. The summed E-state index contributed by atoms with van der Waals surface area (Å²) in [6, 6.07) is 9.05. The highest BCUT2D eigenvalue weighted by molar-refractivity contribution is 6.31. The molecule has 0 aromatic heterocycles. The molecule has 0 saturated carbocycles. The van der Waals surface area contributed by atoms with Crippen molar-refractivity contribution in [2.45, 2.75) is 6.54 Å². The molecule has 4 nitrogen and oxygen atoms in total. The van der Waals surface area contributed by atoms with E-state index in [1.807, 2.05) is 0 Å². The summed E-state index contributed by atoms with van der Waals surface area (Å²) in [7, 11) is 0. The number of hydrogen-bond acceptors (Lipinski definition) is 3. The van der Waals surface area contributed by atoms with Gasteiger partial charge in [0.1, 0.15) is 11.5 Å². The number of hydrogen-bond donors (Lipinski definition) is 1. The molecule has 104 valence electrons. The number of anilines is 1. The van der Waals surface area contributed by atoms with Crippen LogP contribution in [0.15, 0.2) is 36.4 Å². The van der Waals surface area contributed by atoms with Crippen molar-refractivity contribution >= 4 is 34.6 Å². The third-order valence-corrected chi connectivity index (χ3v) is 3.32. The van der Waals surface area contributed by atoms with Crippen molar-refractivity contribution in [3.8, 4) is 0 Å². The smallest absolute Gasteiger partial charge is 0.295 e. The van der Waals surface area contributed by atoms with Gasteiger partial charge in [0.05, 0.1) is 16.0 Å². The molecule has 0 saturated heterocycles. The van der Waals surface area contributed by atoms with Crippen molar-refractivity contribution in [2.75, 3.05) is 5.32 Å². The summed E-state index contributed by atoms with van der Waals surface area (Å²) in [5, 5.41) is 14.1. The summed E-state index contributed by atoms with van der Waals surface area (Å²) in [6.07, 6.45) is 0. The van der Waals surface area contributed by atoms with Crippen molar-refractivity contribution < 1.29 is 9.31 Å². The molecule has 2 rings (SSSR count). The van der Waals surface area contributed by atoms with Crippen molar-refractivity contribution in [3.05, 3.63) is 67.9 Å². The second kappa shape index (κ2) is 6.07. The standard InChI is InChI=1S/C13H9Cl2FN2O2/c14-9-4-2-1-3-8(9)7-17-12-5-10(15)11(16)6-13(12)18(19)20/h1-6,17H,7H2. The predicted octanol–water partition coefficient (Wildman–Crippen LogP) is 4.65. The molecule has 0 radical (unpaired) electrons. The van der Waals surface area contributed by atoms with E-state index in [0.29, 0.717) is 5.02 Å². The largest absolute Gasteiger partial charge is 0.375 e. The number of benzene rings is 2. The fourth-order valence-electron chi connectivity index (χ4n) is 1.66. The molecule has 0 aliphatic carbocycles. The van der Waals surface area contributed by atoms with E-state index in [-0.39, 0.29) is 22.9 Å². The number of rotatable bonds is 4. The molecule has 0 heterocycles. The zero-order valence-electron chi connectivity index (χ0n) is 10.1. The maximum absolute atomic E-state index is 13.3. The van der Waals surface area contributed by atoms with E-state index in [4.69, 9.17) is 23.2 Å². The lowest BCUT2D eigenvalue weighted by Crippen LogP contribution is -2.03. The van der Waals surface area contributed by atoms with Crippen LogP contribution in [0, 0.1) is 15.9 Å². The SMILES string of the molecule is O=[N+]([O-])c1cc(F)c(Cl)cc1NCc1ccccc1Cl. The molecule has 1 N–H and O–H groups in total. The maximum atomic E-state index is 13.3. The van der Waals surface area contributed by atoms with Crippen LogP contribution in [0.3, 0.4) is 0 Å². The van der Waals surface area contributed by atoms with E-state index < -0.39 is 10.7 Å². The van der Waals surface area contributed by atoms with Crippen molar-refractivity contribution in [3.63, 3.8) is 0 Å². The normalized spacial score (nSPS) is 10.3. The Morgan fingerprint density at radius 3 is 2.55 bits per heavy atom. The topological polar surface area (TPSA) is 55.2 Å². The molecule has 0 bridgehead atoms. The summed E-state index contributed by atoms with van der Waals surface area (Å²) in [5.41, 5.74) is 0.532.